The second-order valence-corrected chi connectivity index (χ2v) is 7.60. The Bertz CT molecular complexity index is 733. The largest absolute Gasteiger partial charge is 0.386 e. The number of rotatable bonds is 4. The highest BCUT2D eigenvalue weighted by Gasteiger charge is 2.38. The normalized spacial score (nSPS) is 20.4. The fraction of sp³-hybridized carbons (Fsp3) is 0.471. The summed E-state index contributed by atoms with van der Waals surface area (Å²) in [7, 11) is 1.73. The van der Waals surface area contributed by atoms with E-state index in [0.717, 1.165) is 23.1 Å². The molecule has 1 aliphatic heterocycles. The third kappa shape index (κ3) is 3.42. The number of carbonyl (C=O) groups is 1. The predicted octanol–water partition coefficient (Wildman–Crippen LogP) is 1.87. The van der Waals surface area contributed by atoms with E-state index in [0.29, 0.717) is 24.4 Å². The molecule has 0 radical (unpaired) electrons. The van der Waals surface area contributed by atoms with Gasteiger partial charge in [0.2, 0.25) is 0 Å². The minimum Gasteiger partial charge on any atom is -0.386 e. The first kappa shape index (κ1) is 16.9. The van der Waals surface area contributed by atoms with Gasteiger partial charge in [-0.1, -0.05) is 6.07 Å². The second-order valence-electron chi connectivity index (χ2n) is 6.39. The van der Waals surface area contributed by atoms with E-state index in [2.05, 4.69) is 14.9 Å². The van der Waals surface area contributed by atoms with Gasteiger partial charge in [-0.2, -0.15) is 0 Å². The lowest BCUT2D eigenvalue weighted by molar-refractivity contribution is 0.0266. The lowest BCUT2D eigenvalue weighted by Crippen LogP contribution is -2.45. The van der Waals surface area contributed by atoms with Crippen LogP contribution in [0, 0.1) is 13.8 Å². The molecule has 1 unspecified atom stereocenters. The van der Waals surface area contributed by atoms with E-state index >= 15 is 0 Å². The summed E-state index contributed by atoms with van der Waals surface area (Å²) in [4.78, 5) is 25.6. The maximum absolute atomic E-state index is 12.6. The van der Waals surface area contributed by atoms with Gasteiger partial charge in [0.05, 0.1) is 17.2 Å². The number of hydrogen-bond donors (Lipinski definition) is 1. The van der Waals surface area contributed by atoms with Gasteiger partial charge in [0.1, 0.15) is 16.3 Å². The molecule has 1 aliphatic rings. The van der Waals surface area contributed by atoms with Crippen molar-refractivity contribution in [1.29, 1.82) is 0 Å². The first-order chi connectivity index (χ1) is 11.4. The molecule has 2 aromatic rings. The summed E-state index contributed by atoms with van der Waals surface area (Å²) >= 11 is 1.40. The zero-order valence-electron chi connectivity index (χ0n) is 14.2. The molecule has 0 aliphatic carbocycles. The Kier molecular flexibility index (Phi) is 4.56. The fourth-order valence-corrected chi connectivity index (χ4v) is 4.05. The van der Waals surface area contributed by atoms with Crippen LogP contribution < -0.4 is 4.90 Å². The van der Waals surface area contributed by atoms with E-state index in [1.165, 1.54) is 11.3 Å². The molecule has 1 N–H and O–H groups in total. The maximum Gasteiger partial charge on any atom is 0.265 e. The SMILES string of the molecule is Cc1nc(C)c(C(=O)N(C)CC2(O)CCN(c3ccccn3)C2)s1. The van der Waals surface area contributed by atoms with E-state index in [1.54, 1.807) is 18.1 Å². The molecule has 128 valence electrons. The molecule has 1 amide bonds. The van der Waals surface area contributed by atoms with Crippen molar-refractivity contribution in [2.75, 3.05) is 31.6 Å². The van der Waals surface area contributed by atoms with Gasteiger partial charge in [0.25, 0.3) is 5.91 Å². The highest BCUT2D eigenvalue weighted by molar-refractivity contribution is 7.13. The average Bonchev–Trinajstić information content (AvgIpc) is 3.10. The Morgan fingerprint density at radius 1 is 1.46 bits per heavy atom. The summed E-state index contributed by atoms with van der Waals surface area (Å²) in [5.74, 6) is 0.777. The third-order valence-electron chi connectivity index (χ3n) is 4.28. The number of pyridine rings is 1. The van der Waals surface area contributed by atoms with Crippen LogP contribution in [-0.2, 0) is 0 Å². The number of likely N-dealkylation sites (N-methyl/N-ethyl adjacent to an activating group) is 1. The quantitative estimate of drug-likeness (QED) is 0.915. The van der Waals surface area contributed by atoms with Crippen molar-refractivity contribution in [3.8, 4) is 0 Å². The van der Waals surface area contributed by atoms with Crippen LogP contribution in [0.1, 0.15) is 26.8 Å². The topological polar surface area (TPSA) is 69.6 Å². The van der Waals surface area contributed by atoms with E-state index in [9.17, 15) is 9.90 Å². The van der Waals surface area contributed by atoms with Gasteiger partial charge in [-0.25, -0.2) is 9.97 Å². The molecule has 3 heterocycles. The van der Waals surface area contributed by atoms with E-state index in [1.807, 2.05) is 32.0 Å². The van der Waals surface area contributed by atoms with Crippen molar-refractivity contribution in [3.63, 3.8) is 0 Å². The van der Waals surface area contributed by atoms with E-state index < -0.39 is 5.60 Å². The number of carbonyl (C=O) groups excluding carboxylic acids is 1. The molecule has 0 bridgehead atoms. The first-order valence-corrected chi connectivity index (χ1v) is 8.77. The van der Waals surface area contributed by atoms with Crippen LogP contribution in [0.15, 0.2) is 24.4 Å². The van der Waals surface area contributed by atoms with Crippen LogP contribution in [0.5, 0.6) is 0 Å². The molecular formula is C17H22N4O2S. The molecule has 3 rings (SSSR count). The molecule has 1 saturated heterocycles. The smallest absolute Gasteiger partial charge is 0.265 e. The van der Waals surface area contributed by atoms with Crippen molar-refractivity contribution in [2.24, 2.45) is 0 Å². The molecule has 24 heavy (non-hydrogen) atoms. The first-order valence-electron chi connectivity index (χ1n) is 7.96. The monoisotopic (exact) mass is 346 g/mol. The number of amides is 1. The van der Waals surface area contributed by atoms with Crippen molar-refractivity contribution in [1.82, 2.24) is 14.9 Å². The summed E-state index contributed by atoms with van der Waals surface area (Å²) < 4.78 is 0. The number of β-amino-alcohol motifs (C(OH)–C–C–N with tert-alkyl or cyclic N) is 1. The van der Waals surface area contributed by atoms with Crippen molar-refractivity contribution < 1.29 is 9.90 Å². The van der Waals surface area contributed by atoms with Crippen molar-refractivity contribution in [3.05, 3.63) is 40.0 Å². The van der Waals surface area contributed by atoms with Crippen LogP contribution >= 0.6 is 11.3 Å². The summed E-state index contributed by atoms with van der Waals surface area (Å²) in [6.07, 6.45) is 2.36. The molecule has 6 nitrogen and oxygen atoms in total. The fourth-order valence-electron chi connectivity index (χ4n) is 3.14. The van der Waals surface area contributed by atoms with Crippen molar-refractivity contribution >= 4 is 23.1 Å². The Morgan fingerprint density at radius 2 is 2.25 bits per heavy atom. The summed E-state index contributed by atoms with van der Waals surface area (Å²) in [6.45, 7) is 5.24. The van der Waals surface area contributed by atoms with E-state index in [4.69, 9.17) is 0 Å². The highest BCUT2D eigenvalue weighted by atomic mass is 32.1. The zero-order valence-corrected chi connectivity index (χ0v) is 15.0. The van der Waals surface area contributed by atoms with Crippen LogP contribution in [0.3, 0.4) is 0 Å². The van der Waals surface area contributed by atoms with Crippen LogP contribution in [0.25, 0.3) is 0 Å². The standard InChI is InChI=1S/C17H22N4O2S/c1-12-15(24-13(2)19-12)16(22)20(3)10-17(23)7-9-21(11-17)14-6-4-5-8-18-14/h4-6,8,23H,7,9-11H2,1-3H3. The minimum atomic E-state index is -0.921. The maximum atomic E-state index is 12.6. The molecule has 0 saturated carbocycles. The Balaban J connectivity index is 1.67. The molecule has 0 spiro atoms. The predicted molar refractivity (Wildman–Crippen MR) is 94.6 cm³/mol. The summed E-state index contributed by atoms with van der Waals surface area (Å²) in [5.41, 5.74) is -0.168. The lowest BCUT2D eigenvalue weighted by Gasteiger charge is -2.29. The van der Waals surface area contributed by atoms with Crippen molar-refractivity contribution in [2.45, 2.75) is 25.9 Å². The Labute approximate surface area is 145 Å². The van der Waals surface area contributed by atoms with Gasteiger partial charge >= 0.3 is 0 Å². The number of thiazole rings is 1. The number of aryl methyl sites for hydroxylation is 2. The highest BCUT2D eigenvalue weighted by Crippen LogP contribution is 2.27. The van der Waals surface area contributed by atoms with Gasteiger partial charge in [-0.05, 0) is 32.4 Å². The summed E-state index contributed by atoms with van der Waals surface area (Å²) in [5, 5.41) is 11.8. The van der Waals surface area contributed by atoms with E-state index in [-0.39, 0.29) is 5.91 Å². The molecule has 7 heteroatoms. The minimum absolute atomic E-state index is 0.0807. The Morgan fingerprint density at radius 3 is 2.88 bits per heavy atom. The summed E-state index contributed by atoms with van der Waals surface area (Å²) in [6, 6.07) is 5.74. The van der Waals surface area contributed by atoms with Gasteiger partial charge < -0.3 is 14.9 Å². The van der Waals surface area contributed by atoms with Gasteiger partial charge in [-0.15, -0.1) is 11.3 Å². The van der Waals surface area contributed by atoms with Crippen LogP contribution in [0.2, 0.25) is 0 Å². The molecule has 1 atom stereocenters. The molecule has 2 aromatic heterocycles. The number of hydrogen-bond acceptors (Lipinski definition) is 6. The number of aliphatic hydroxyl groups is 1. The number of aromatic nitrogens is 2. The molecular weight excluding hydrogens is 324 g/mol. The number of anilines is 1. The Hall–Kier alpha value is -1.99. The third-order valence-corrected chi connectivity index (χ3v) is 5.34. The number of nitrogens with zero attached hydrogens (tertiary/aromatic N) is 4. The molecule has 1 fully saturated rings. The van der Waals surface area contributed by atoms with Gasteiger partial charge in [0, 0.05) is 26.3 Å². The lowest BCUT2D eigenvalue weighted by atomic mass is 10.0. The molecule has 0 aromatic carbocycles. The van der Waals surface area contributed by atoms with Gasteiger partial charge in [-0.3, -0.25) is 4.79 Å². The zero-order chi connectivity index (χ0) is 17.3. The second kappa shape index (κ2) is 6.49. The van der Waals surface area contributed by atoms with Crippen LogP contribution in [0.4, 0.5) is 5.82 Å². The van der Waals surface area contributed by atoms with Gasteiger partial charge in [0.15, 0.2) is 0 Å². The average molecular weight is 346 g/mol. The van der Waals surface area contributed by atoms with Crippen LogP contribution in [-0.4, -0.2) is 58.2 Å².